The van der Waals surface area contributed by atoms with Crippen LogP contribution < -0.4 is 10.5 Å². The first-order valence-corrected chi connectivity index (χ1v) is 3.92. The normalized spacial score (nSPS) is 19.7. The molecule has 0 radical (unpaired) electrons. The van der Waals surface area contributed by atoms with Crippen LogP contribution in [-0.4, -0.2) is 12.6 Å². The Morgan fingerprint density at radius 3 is 3.00 bits per heavy atom. The molecule has 1 atom stereocenters. The van der Waals surface area contributed by atoms with Gasteiger partial charge in [-0.25, -0.2) is 4.39 Å². The zero-order valence-electron chi connectivity index (χ0n) is 7.00. The number of fused-ring (bicyclic) bond motifs is 1. The Kier molecular flexibility index (Phi) is 3.12. The maximum Gasteiger partial charge on any atom is 0.123 e. The van der Waals surface area contributed by atoms with Gasteiger partial charge < -0.3 is 10.5 Å². The van der Waals surface area contributed by atoms with Crippen molar-refractivity contribution in [2.24, 2.45) is 5.73 Å². The van der Waals surface area contributed by atoms with Gasteiger partial charge >= 0.3 is 0 Å². The lowest BCUT2D eigenvalue weighted by atomic mass is 10.0. The van der Waals surface area contributed by atoms with Crippen LogP contribution in [0.3, 0.4) is 0 Å². The van der Waals surface area contributed by atoms with Gasteiger partial charge in [0.25, 0.3) is 0 Å². The van der Waals surface area contributed by atoms with Crippen molar-refractivity contribution in [3.63, 3.8) is 0 Å². The van der Waals surface area contributed by atoms with Crippen LogP contribution >= 0.6 is 12.4 Å². The molecule has 1 heterocycles. The highest BCUT2D eigenvalue weighted by molar-refractivity contribution is 5.85. The Morgan fingerprint density at radius 1 is 1.46 bits per heavy atom. The lowest BCUT2D eigenvalue weighted by molar-refractivity contribution is 0.263. The predicted molar refractivity (Wildman–Crippen MR) is 50.8 cm³/mol. The second-order valence-electron chi connectivity index (χ2n) is 3.03. The van der Waals surface area contributed by atoms with E-state index in [0.717, 1.165) is 11.3 Å². The van der Waals surface area contributed by atoms with Crippen molar-refractivity contribution in [2.75, 3.05) is 6.61 Å². The fraction of sp³-hybridized carbons (Fsp3) is 0.333. The largest absolute Gasteiger partial charge is 0.492 e. The van der Waals surface area contributed by atoms with Crippen LogP contribution in [-0.2, 0) is 6.42 Å². The van der Waals surface area contributed by atoms with E-state index in [9.17, 15) is 4.39 Å². The Hall–Kier alpha value is -0.800. The lowest BCUT2D eigenvalue weighted by Gasteiger charge is -2.21. The number of ether oxygens (including phenoxy) is 1. The first-order chi connectivity index (χ1) is 5.75. The number of halogens is 2. The Bertz CT molecular complexity index is 306. The van der Waals surface area contributed by atoms with Gasteiger partial charge in [-0.05, 0) is 30.2 Å². The van der Waals surface area contributed by atoms with Crippen molar-refractivity contribution < 1.29 is 9.13 Å². The van der Waals surface area contributed by atoms with Gasteiger partial charge in [0.05, 0.1) is 0 Å². The first kappa shape index (κ1) is 10.3. The summed E-state index contributed by atoms with van der Waals surface area (Å²) in [5.41, 5.74) is 6.52. The summed E-state index contributed by atoms with van der Waals surface area (Å²) < 4.78 is 18.0. The summed E-state index contributed by atoms with van der Waals surface area (Å²) in [7, 11) is 0. The van der Waals surface area contributed by atoms with Gasteiger partial charge in [-0.3, -0.25) is 0 Å². The number of nitrogens with two attached hydrogens (primary N) is 1. The molecule has 72 valence electrons. The van der Waals surface area contributed by atoms with Crippen molar-refractivity contribution in [2.45, 2.75) is 12.5 Å². The van der Waals surface area contributed by atoms with Crippen molar-refractivity contribution in [3.05, 3.63) is 29.6 Å². The molecule has 4 heteroatoms. The summed E-state index contributed by atoms with van der Waals surface area (Å²) in [6.45, 7) is 0.526. The lowest BCUT2D eigenvalue weighted by Crippen LogP contribution is -2.33. The molecule has 2 rings (SSSR count). The summed E-state index contributed by atoms with van der Waals surface area (Å²) in [5.74, 6) is 0.532. The predicted octanol–water partition coefficient (Wildman–Crippen LogP) is 1.51. The monoisotopic (exact) mass is 203 g/mol. The summed E-state index contributed by atoms with van der Waals surface area (Å²) in [6.07, 6.45) is 0.701. The van der Waals surface area contributed by atoms with Gasteiger partial charge in [-0.1, -0.05) is 0 Å². The summed E-state index contributed by atoms with van der Waals surface area (Å²) >= 11 is 0. The number of rotatable bonds is 0. The van der Waals surface area contributed by atoms with E-state index in [2.05, 4.69) is 0 Å². The van der Waals surface area contributed by atoms with Gasteiger partial charge in [0.1, 0.15) is 18.2 Å². The maximum absolute atomic E-state index is 12.7. The van der Waals surface area contributed by atoms with Gasteiger partial charge in [-0.15, -0.1) is 12.4 Å². The van der Waals surface area contributed by atoms with Crippen LogP contribution in [0.15, 0.2) is 18.2 Å². The fourth-order valence-electron chi connectivity index (χ4n) is 1.39. The highest BCUT2D eigenvalue weighted by Gasteiger charge is 2.16. The van der Waals surface area contributed by atoms with E-state index in [1.165, 1.54) is 12.1 Å². The molecule has 0 bridgehead atoms. The minimum Gasteiger partial charge on any atom is -0.492 e. The van der Waals surface area contributed by atoms with Gasteiger partial charge in [0.15, 0.2) is 0 Å². The first-order valence-electron chi connectivity index (χ1n) is 3.92. The maximum atomic E-state index is 12.7. The Morgan fingerprint density at radius 2 is 2.23 bits per heavy atom. The fourth-order valence-corrected chi connectivity index (χ4v) is 1.39. The topological polar surface area (TPSA) is 35.2 Å². The molecule has 0 aromatic heterocycles. The van der Waals surface area contributed by atoms with E-state index >= 15 is 0 Å². The molecule has 2 nitrogen and oxygen atoms in total. The molecule has 0 saturated heterocycles. The Balaban J connectivity index is 0.000000845. The smallest absolute Gasteiger partial charge is 0.123 e. The molecule has 13 heavy (non-hydrogen) atoms. The minimum atomic E-state index is -0.230. The molecular formula is C9H11ClFNO. The average molecular weight is 204 g/mol. The number of hydrogen-bond donors (Lipinski definition) is 1. The van der Waals surface area contributed by atoms with Gasteiger partial charge in [-0.2, -0.15) is 0 Å². The SMILES string of the molecule is Cl.NC1COc2ccc(F)cc2C1. The molecule has 1 unspecified atom stereocenters. The van der Waals surface area contributed by atoms with Crippen LogP contribution in [0, 0.1) is 5.82 Å². The molecule has 0 amide bonds. The van der Waals surface area contributed by atoms with E-state index < -0.39 is 0 Å². The highest BCUT2D eigenvalue weighted by atomic mass is 35.5. The van der Waals surface area contributed by atoms with E-state index in [4.69, 9.17) is 10.5 Å². The molecule has 1 aliphatic heterocycles. The van der Waals surface area contributed by atoms with E-state index in [0.29, 0.717) is 13.0 Å². The quantitative estimate of drug-likeness (QED) is 0.694. The summed E-state index contributed by atoms with van der Waals surface area (Å²) in [6, 6.07) is 4.53. The van der Waals surface area contributed by atoms with Crippen molar-refractivity contribution in [1.82, 2.24) is 0 Å². The molecule has 0 spiro atoms. The van der Waals surface area contributed by atoms with Crippen molar-refractivity contribution in [3.8, 4) is 5.75 Å². The third-order valence-electron chi connectivity index (χ3n) is 1.96. The number of benzene rings is 1. The minimum absolute atomic E-state index is 0. The molecule has 0 fully saturated rings. The Labute approximate surface area is 82.3 Å². The zero-order chi connectivity index (χ0) is 8.55. The number of hydrogen-bond acceptors (Lipinski definition) is 2. The molecule has 1 aliphatic rings. The van der Waals surface area contributed by atoms with Crippen LogP contribution in [0.5, 0.6) is 5.75 Å². The second kappa shape index (κ2) is 3.94. The van der Waals surface area contributed by atoms with Crippen LogP contribution in [0.25, 0.3) is 0 Å². The molecule has 1 aromatic rings. The molecule has 2 N–H and O–H groups in total. The van der Waals surface area contributed by atoms with Gasteiger partial charge in [0.2, 0.25) is 0 Å². The molecule has 1 aromatic carbocycles. The van der Waals surface area contributed by atoms with Crippen LogP contribution in [0.2, 0.25) is 0 Å². The highest BCUT2D eigenvalue weighted by Crippen LogP contribution is 2.24. The molecule has 0 saturated carbocycles. The van der Waals surface area contributed by atoms with E-state index in [1.54, 1.807) is 6.07 Å². The average Bonchev–Trinajstić information content (AvgIpc) is 2.03. The molecule has 0 aliphatic carbocycles. The third-order valence-corrected chi connectivity index (χ3v) is 1.96. The summed E-state index contributed by atoms with van der Waals surface area (Å²) in [4.78, 5) is 0. The summed E-state index contributed by atoms with van der Waals surface area (Å²) in [5, 5.41) is 0. The van der Waals surface area contributed by atoms with E-state index in [-0.39, 0.29) is 24.3 Å². The van der Waals surface area contributed by atoms with Crippen LogP contribution in [0.1, 0.15) is 5.56 Å². The standard InChI is InChI=1S/C9H10FNO.ClH/c10-7-1-2-9-6(3-7)4-8(11)5-12-9;/h1-3,8H,4-5,11H2;1H. The van der Waals surface area contributed by atoms with E-state index in [1.807, 2.05) is 0 Å². The van der Waals surface area contributed by atoms with Crippen LogP contribution in [0.4, 0.5) is 4.39 Å². The van der Waals surface area contributed by atoms with Crippen molar-refractivity contribution >= 4 is 12.4 Å². The van der Waals surface area contributed by atoms with Gasteiger partial charge in [0, 0.05) is 6.04 Å². The van der Waals surface area contributed by atoms with Crippen molar-refractivity contribution in [1.29, 1.82) is 0 Å². The second-order valence-corrected chi connectivity index (χ2v) is 3.03. The molecular weight excluding hydrogens is 193 g/mol. The zero-order valence-corrected chi connectivity index (χ0v) is 7.81. The third kappa shape index (κ3) is 2.11.